The minimum atomic E-state index is -0.265. The van der Waals surface area contributed by atoms with Crippen molar-refractivity contribution in [3.05, 3.63) is 69.5 Å². The zero-order chi connectivity index (χ0) is 19.0. The number of fused-ring (bicyclic) bond motifs is 1. The van der Waals surface area contributed by atoms with Gasteiger partial charge in [-0.25, -0.2) is 13.9 Å². The van der Waals surface area contributed by atoms with Crippen LogP contribution in [0.4, 0.5) is 4.39 Å². The molecule has 1 aromatic carbocycles. The predicted molar refractivity (Wildman–Crippen MR) is 99.4 cm³/mol. The molecule has 27 heavy (non-hydrogen) atoms. The first-order chi connectivity index (χ1) is 13.0. The molecule has 0 saturated heterocycles. The zero-order valence-corrected chi connectivity index (χ0v) is 15.1. The molecule has 0 aliphatic heterocycles. The van der Waals surface area contributed by atoms with Crippen LogP contribution in [-0.4, -0.2) is 27.0 Å². The molecule has 0 unspecified atom stereocenters. The van der Waals surface area contributed by atoms with E-state index >= 15 is 0 Å². The molecule has 6 nitrogen and oxygen atoms in total. The Kier molecular flexibility index (Phi) is 4.30. The van der Waals surface area contributed by atoms with E-state index in [1.165, 1.54) is 22.8 Å². The van der Waals surface area contributed by atoms with Crippen LogP contribution in [0.15, 0.2) is 41.3 Å². The largest absolute Gasteiger partial charge is 0.351 e. The second-order valence-electron chi connectivity index (χ2n) is 7.25. The number of nitrogens with zero attached hydrogens (tertiary/aromatic N) is 2. The lowest BCUT2D eigenvalue weighted by atomic mass is 9.78. The van der Waals surface area contributed by atoms with Crippen molar-refractivity contribution in [2.45, 2.75) is 38.0 Å². The van der Waals surface area contributed by atoms with Gasteiger partial charge in [0.15, 0.2) is 5.65 Å². The molecule has 1 amide bonds. The molecule has 2 aromatic heterocycles. The first kappa shape index (κ1) is 17.5. The highest BCUT2D eigenvalue weighted by Crippen LogP contribution is 2.40. The number of rotatable bonds is 4. The number of aryl methyl sites for hydroxylation is 1. The summed E-state index contributed by atoms with van der Waals surface area (Å²) < 4.78 is 15.2. The van der Waals surface area contributed by atoms with Gasteiger partial charge in [-0.15, -0.1) is 0 Å². The standard InChI is InChI=1S/C20H21FN4O2/c1-13-16(11-22-17-10-18(26)24-25(13)17)19(27)23-12-20(7-2-3-8-20)14-5-4-6-15(21)9-14/h4-6,9-11H,2-3,7-8,12H2,1H3,(H,23,27)(H,24,26). The second-order valence-corrected chi connectivity index (χ2v) is 7.25. The lowest BCUT2D eigenvalue weighted by Crippen LogP contribution is -2.39. The number of carbonyl (C=O) groups excluding carboxylic acids is 1. The second kappa shape index (κ2) is 6.64. The number of hydrogen-bond acceptors (Lipinski definition) is 3. The van der Waals surface area contributed by atoms with E-state index < -0.39 is 0 Å². The van der Waals surface area contributed by atoms with Crippen molar-refractivity contribution in [1.29, 1.82) is 0 Å². The number of aromatic amines is 1. The summed E-state index contributed by atoms with van der Waals surface area (Å²) in [7, 11) is 0. The van der Waals surface area contributed by atoms with Gasteiger partial charge in [-0.3, -0.25) is 14.7 Å². The van der Waals surface area contributed by atoms with Crippen molar-refractivity contribution in [1.82, 2.24) is 19.9 Å². The Morgan fingerprint density at radius 1 is 1.33 bits per heavy atom. The van der Waals surface area contributed by atoms with Gasteiger partial charge in [0.1, 0.15) is 5.82 Å². The molecule has 1 fully saturated rings. The Balaban J connectivity index is 1.59. The van der Waals surface area contributed by atoms with E-state index in [9.17, 15) is 14.0 Å². The first-order valence-electron chi connectivity index (χ1n) is 9.10. The molecule has 0 spiro atoms. The van der Waals surface area contributed by atoms with Crippen molar-refractivity contribution in [3.63, 3.8) is 0 Å². The lowest BCUT2D eigenvalue weighted by molar-refractivity contribution is 0.0941. The van der Waals surface area contributed by atoms with E-state index in [4.69, 9.17) is 0 Å². The number of carbonyl (C=O) groups is 1. The van der Waals surface area contributed by atoms with Crippen LogP contribution in [0.5, 0.6) is 0 Å². The van der Waals surface area contributed by atoms with Crippen molar-refractivity contribution < 1.29 is 9.18 Å². The molecule has 0 bridgehead atoms. The minimum absolute atomic E-state index is 0.245. The molecule has 1 aliphatic rings. The fourth-order valence-electron chi connectivity index (χ4n) is 4.08. The molecule has 1 saturated carbocycles. The van der Waals surface area contributed by atoms with Gasteiger partial charge in [0, 0.05) is 24.2 Å². The highest BCUT2D eigenvalue weighted by Gasteiger charge is 2.36. The van der Waals surface area contributed by atoms with Gasteiger partial charge in [0.25, 0.3) is 11.5 Å². The maximum Gasteiger partial charge on any atom is 0.266 e. The fraction of sp³-hybridized carbons (Fsp3) is 0.350. The van der Waals surface area contributed by atoms with Crippen molar-refractivity contribution >= 4 is 11.6 Å². The van der Waals surface area contributed by atoms with Gasteiger partial charge in [-0.2, -0.15) is 0 Å². The van der Waals surface area contributed by atoms with E-state index in [0.29, 0.717) is 23.4 Å². The molecule has 1 aliphatic carbocycles. The monoisotopic (exact) mass is 368 g/mol. The number of aromatic nitrogens is 3. The summed E-state index contributed by atoms with van der Waals surface area (Å²) in [5.74, 6) is -0.508. The summed E-state index contributed by atoms with van der Waals surface area (Å²) in [5.41, 5.74) is 1.92. The summed E-state index contributed by atoms with van der Waals surface area (Å²) in [5, 5.41) is 5.64. The number of halogens is 1. The number of amides is 1. The summed E-state index contributed by atoms with van der Waals surface area (Å²) in [6.45, 7) is 2.20. The average Bonchev–Trinajstić information content (AvgIpc) is 3.27. The van der Waals surface area contributed by atoms with Crippen molar-refractivity contribution in [2.24, 2.45) is 0 Å². The van der Waals surface area contributed by atoms with Crippen LogP contribution in [0, 0.1) is 12.7 Å². The maximum absolute atomic E-state index is 13.7. The van der Waals surface area contributed by atoms with Crippen LogP contribution in [-0.2, 0) is 5.41 Å². The third-order valence-electron chi connectivity index (χ3n) is 5.59. The number of benzene rings is 1. The maximum atomic E-state index is 13.7. The highest BCUT2D eigenvalue weighted by molar-refractivity contribution is 5.95. The third-order valence-corrected chi connectivity index (χ3v) is 5.59. The Labute approximate surface area is 155 Å². The third kappa shape index (κ3) is 3.13. The Hall–Kier alpha value is -2.96. The molecule has 3 aromatic rings. The van der Waals surface area contributed by atoms with Gasteiger partial charge in [0.2, 0.25) is 0 Å². The van der Waals surface area contributed by atoms with Crippen molar-refractivity contribution in [2.75, 3.05) is 6.54 Å². The van der Waals surface area contributed by atoms with Gasteiger partial charge in [0.05, 0.1) is 11.3 Å². The van der Waals surface area contributed by atoms with Crippen LogP contribution in [0.25, 0.3) is 5.65 Å². The zero-order valence-electron chi connectivity index (χ0n) is 15.1. The van der Waals surface area contributed by atoms with Gasteiger partial charge >= 0.3 is 0 Å². The normalized spacial score (nSPS) is 15.9. The molecule has 0 atom stereocenters. The van der Waals surface area contributed by atoms with Crippen LogP contribution in [0.2, 0.25) is 0 Å². The molecular formula is C20H21FN4O2. The van der Waals surface area contributed by atoms with Crippen LogP contribution in [0.3, 0.4) is 0 Å². The van der Waals surface area contributed by atoms with Crippen molar-refractivity contribution in [3.8, 4) is 0 Å². The van der Waals surface area contributed by atoms with Crippen LogP contribution < -0.4 is 10.9 Å². The van der Waals surface area contributed by atoms with E-state index in [0.717, 1.165) is 31.2 Å². The number of H-pyrrole nitrogens is 1. The van der Waals surface area contributed by atoms with E-state index in [2.05, 4.69) is 15.4 Å². The average molecular weight is 368 g/mol. The molecule has 7 heteroatoms. The Bertz CT molecular complexity index is 1060. The molecule has 2 heterocycles. The van der Waals surface area contributed by atoms with E-state index in [1.54, 1.807) is 19.1 Å². The molecule has 2 N–H and O–H groups in total. The molecule has 4 rings (SSSR count). The summed E-state index contributed by atoms with van der Waals surface area (Å²) in [6, 6.07) is 8.04. The lowest BCUT2D eigenvalue weighted by Gasteiger charge is -2.30. The van der Waals surface area contributed by atoms with E-state index in [-0.39, 0.29) is 22.7 Å². The number of hydrogen-bond donors (Lipinski definition) is 2. The van der Waals surface area contributed by atoms with Crippen LogP contribution in [0.1, 0.15) is 47.3 Å². The molecular weight excluding hydrogens is 347 g/mol. The minimum Gasteiger partial charge on any atom is -0.351 e. The Morgan fingerprint density at radius 2 is 2.11 bits per heavy atom. The topological polar surface area (TPSA) is 79.3 Å². The first-order valence-corrected chi connectivity index (χ1v) is 9.10. The fourth-order valence-corrected chi connectivity index (χ4v) is 4.08. The summed E-state index contributed by atoms with van der Waals surface area (Å²) >= 11 is 0. The van der Waals surface area contributed by atoms with E-state index in [1.807, 2.05) is 6.07 Å². The van der Waals surface area contributed by atoms with Gasteiger partial charge in [-0.1, -0.05) is 25.0 Å². The van der Waals surface area contributed by atoms with Crippen LogP contribution >= 0.6 is 0 Å². The van der Waals surface area contributed by atoms with Gasteiger partial charge < -0.3 is 5.32 Å². The highest BCUT2D eigenvalue weighted by atomic mass is 19.1. The molecule has 0 radical (unpaired) electrons. The summed E-state index contributed by atoms with van der Waals surface area (Å²) in [4.78, 5) is 28.5. The van der Waals surface area contributed by atoms with Gasteiger partial charge in [-0.05, 0) is 37.5 Å². The SMILES string of the molecule is Cc1c(C(=O)NCC2(c3cccc(F)c3)CCCC2)cnc2cc(=O)[nH]n12. The predicted octanol–water partition coefficient (Wildman–Crippen LogP) is 2.71. The summed E-state index contributed by atoms with van der Waals surface area (Å²) in [6.07, 6.45) is 5.43. The smallest absolute Gasteiger partial charge is 0.266 e. The Morgan fingerprint density at radius 3 is 2.85 bits per heavy atom. The molecule has 140 valence electrons. The number of nitrogens with one attached hydrogen (secondary N) is 2. The quantitative estimate of drug-likeness (QED) is 0.743.